The molecule has 33 heavy (non-hydrogen) atoms. The Hall–Kier alpha value is -2.76. The highest BCUT2D eigenvalue weighted by Gasteiger charge is 2.12. The number of ether oxygens (including phenoxy) is 3. The van der Waals surface area contributed by atoms with E-state index in [1.165, 1.54) is 54.7 Å². The fraction of sp³-hybridized carbons (Fsp3) is 0.273. The average Bonchev–Trinajstić information content (AvgIpc) is 3.30. The van der Waals surface area contributed by atoms with Crippen molar-refractivity contribution in [1.29, 1.82) is 0 Å². The lowest BCUT2D eigenvalue weighted by Crippen LogP contribution is -2.19. The van der Waals surface area contributed by atoms with Gasteiger partial charge in [-0.3, -0.25) is 4.79 Å². The van der Waals surface area contributed by atoms with Gasteiger partial charge in [0.1, 0.15) is 17.2 Å². The number of aromatic nitrogens is 2. The molecule has 174 valence electrons. The van der Waals surface area contributed by atoms with Gasteiger partial charge in [0.15, 0.2) is 8.68 Å². The molecule has 0 atom stereocenters. The summed E-state index contributed by atoms with van der Waals surface area (Å²) in [5, 5.41) is 12.4. The van der Waals surface area contributed by atoms with Gasteiger partial charge in [-0.25, -0.2) is 5.43 Å². The van der Waals surface area contributed by atoms with Crippen molar-refractivity contribution in [1.82, 2.24) is 15.6 Å². The van der Waals surface area contributed by atoms with Crippen molar-refractivity contribution in [2.75, 3.05) is 27.1 Å². The maximum Gasteiger partial charge on any atom is 0.250 e. The van der Waals surface area contributed by atoms with Gasteiger partial charge in [-0.1, -0.05) is 64.7 Å². The Bertz CT molecular complexity index is 1080. The molecule has 0 aliphatic heterocycles. The van der Waals surface area contributed by atoms with Gasteiger partial charge in [-0.05, 0) is 12.5 Å². The van der Waals surface area contributed by atoms with E-state index in [0.29, 0.717) is 22.8 Å². The van der Waals surface area contributed by atoms with Crippen molar-refractivity contribution in [3.05, 3.63) is 53.1 Å². The molecule has 1 heterocycles. The van der Waals surface area contributed by atoms with Crippen molar-refractivity contribution < 1.29 is 19.0 Å². The number of hydrazone groups is 1. The fourth-order valence-corrected chi connectivity index (χ4v) is 5.40. The highest BCUT2D eigenvalue weighted by atomic mass is 32.2. The van der Waals surface area contributed by atoms with E-state index in [1.807, 2.05) is 0 Å². The first-order valence-corrected chi connectivity index (χ1v) is 12.6. The number of amides is 1. The van der Waals surface area contributed by atoms with Crippen LogP contribution in [0.25, 0.3) is 0 Å². The molecule has 0 unspecified atom stereocenters. The van der Waals surface area contributed by atoms with E-state index in [9.17, 15) is 4.79 Å². The first-order valence-electron chi connectivity index (χ1n) is 9.79. The number of carbonyl (C=O) groups is 1. The second-order valence-electron chi connectivity index (χ2n) is 6.64. The number of nitrogens with zero attached hydrogens (tertiary/aromatic N) is 3. The zero-order valence-electron chi connectivity index (χ0n) is 18.7. The van der Waals surface area contributed by atoms with E-state index in [-0.39, 0.29) is 11.7 Å². The van der Waals surface area contributed by atoms with Crippen LogP contribution in [0, 0.1) is 6.92 Å². The van der Waals surface area contributed by atoms with Gasteiger partial charge < -0.3 is 14.2 Å². The lowest BCUT2D eigenvalue weighted by atomic mass is 10.2. The summed E-state index contributed by atoms with van der Waals surface area (Å²) in [4.78, 5) is 12.2. The second kappa shape index (κ2) is 12.5. The maximum absolute atomic E-state index is 12.2. The van der Waals surface area contributed by atoms with Gasteiger partial charge in [0, 0.05) is 17.9 Å². The van der Waals surface area contributed by atoms with Crippen LogP contribution < -0.4 is 19.6 Å². The molecule has 0 saturated carbocycles. The van der Waals surface area contributed by atoms with Crippen LogP contribution in [0.1, 0.15) is 16.7 Å². The van der Waals surface area contributed by atoms with Crippen molar-refractivity contribution in [3.8, 4) is 17.2 Å². The molecule has 1 amide bonds. The molecule has 3 rings (SSSR count). The summed E-state index contributed by atoms with van der Waals surface area (Å²) in [6, 6.07) is 11.8. The van der Waals surface area contributed by atoms with Gasteiger partial charge in [0.25, 0.3) is 5.91 Å². The van der Waals surface area contributed by atoms with Crippen molar-refractivity contribution >= 4 is 47.0 Å². The summed E-state index contributed by atoms with van der Waals surface area (Å²) in [5.41, 5.74) is 5.57. The third-order valence-electron chi connectivity index (χ3n) is 4.33. The zero-order chi connectivity index (χ0) is 23.6. The molecule has 1 aromatic heterocycles. The first-order chi connectivity index (χ1) is 16.0. The highest BCUT2D eigenvalue weighted by molar-refractivity contribution is 8.03. The number of hydrogen-bond donors (Lipinski definition) is 1. The molecule has 8 nitrogen and oxygen atoms in total. The molecule has 0 bridgehead atoms. The summed E-state index contributed by atoms with van der Waals surface area (Å²) < 4.78 is 17.6. The Balaban J connectivity index is 1.49. The molecule has 0 aliphatic rings. The summed E-state index contributed by atoms with van der Waals surface area (Å²) in [5.74, 6) is 2.37. The van der Waals surface area contributed by atoms with Crippen LogP contribution in [0.15, 0.2) is 50.2 Å². The van der Waals surface area contributed by atoms with Crippen molar-refractivity contribution in [2.24, 2.45) is 5.10 Å². The number of aryl methyl sites for hydroxylation is 1. The van der Waals surface area contributed by atoms with Crippen LogP contribution in [0.4, 0.5) is 0 Å². The molecule has 0 fully saturated rings. The Morgan fingerprint density at radius 2 is 1.67 bits per heavy atom. The summed E-state index contributed by atoms with van der Waals surface area (Å²) >= 11 is 4.42. The van der Waals surface area contributed by atoms with E-state index < -0.39 is 0 Å². The predicted octanol–water partition coefficient (Wildman–Crippen LogP) is 4.41. The molecular weight excluding hydrogens is 480 g/mol. The Kier molecular flexibility index (Phi) is 9.40. The average molecular weight is 505 g/mol. The van der Waals surface area contributed by atoms with Crippen LogP contribution in [0.3, 0.4) is 0 Å². The van der Waals surface area contributed by atoms with Crippen LogP contribution in [-0.4, -0.2) is 49.4 Å². The minimum absolute atomic E-state index is 0.172. The van der Waals surface area contributed by atoms with Gasteiger partial charge >= 0.3 is 0 Å². The topological polar surface area (TPSA) is 94.9 Å². The number of thioether (sulfide) groups is 2. The van der Waals surface area contributed by atoms with Gasteiger partial charge in [-0.15, -0.1) is 10.2 Å². The standard InChI is InChI=1S/C22H24N4O4S3/c1-14-5-7-15(8-6-14)12-31-21-25-26-22(33-21)32-13-20(27)24-23-11-17-18(29-3)9-16(28-2)10-19(17)30-4/h5-11H,12-13H2,1-4H3,(H,24,27)/b23-11+. The number of benzene rings is 2. The Morgan fingerprint density at radius 3 is 2.27 bits per heavy atom. The van der Waals surface area contributed by atoms with Gasteiger partial charge in [0.05, 0.1) is 38.9 Å². The Morgan fingerprint density at radius 1 is 1.03 bits per heavy atom. The van der Waals surface area contributed by atoms with Crippen molar-refractivity contribution in [2.45, 2.75) is 21.4 Å². The number of methoxy groups -OCH3 is 3. The molecule has 3 aromatic rings. The number of hydrogen-bond acceptors (Lipinski definition) is 10. The maximum atomic E-state index is 12.2. The van der Waals surface area contributed by atoms with Crippen LogP contribution >= 0.6 is 34.9 Å². The molecule has 11 heteroatoms. The van der Waals surface area contributed by atoms with Crippen LogP contribution in [-0.2, 0) is 10.5 Å². The number of carbonyl (C=O) groups excluding carboxylic acids is 1. The molecule has 0 saturated heterocycles. The van der Waals surface area contributed by atoms with Gasteiger partial charge in [-0.2, -0.15) is 5.10 Å². The molecule has 0 radical (unpaired) electrons. The third-order valence-corrected chi connectivity index (χ3v) is 7.59. The highest BCUT2D eigenvalue weighted by Crippen LogP contribution is 2.33. The fourth-order valence-electron chi connectivity index (χ4n) is 2.63. The summed E-state index contributed by atoms with van der Waals surface area (Å²) in [6.45, 7) is 2.07. The number of nitrogens with one attached hydrogen (secondary N) is 1. The molecule has 1 N–H and O–H groups in total. The van der Waals surface area contributed by atoms with E-state index in [4.69, 9.17) is 14.2 Å². The lowest BCUT2D eigenvalue weighted by molar-refractivity contribution is -0.118. The van der Waals surface area contributed by atoms with Gasteiger partial charge in [0.2, 0.25) is 0 Å². The monoisotopic (exact) mass is 504 g/mol. The minimum atomic E-state index is -0.258. The van der Waals surface area contributed by atoms with Crippen molar-refractivity contribution in [3.63, 3.8) is 0 Å². The summed E-state index contributed by atoms with van der Waals surface area (Å²) in [7, 11) is 4.63. The second-order valence-corrected chi connectivity index (χ2v) is 10.1. The van der Waals surface area contributed by atoms with E-state index >= 15 is 0 Å². The van der Waals surface area contributed by atoms with Crippen LogP contribution in [0.5, 0.6) is 17.2 Å². The summed E-state index contributed by atoms with van der Waals surface area (Å²) in [6.07, 6.45) is 1.48. The van der Waals surface area contributed by atoms with E-state index in [0.717, 1.165) is 14.4 Å². The predicted molar refractivity (Wildman–Crippen MR) is 133 cm³/mol. The first kappa shape index (κ1) is 24.9. The Labute approximate surface area is 205 Å². The van der Waals surface area contributed by atoms with E-state index in [2.05, 4.69) is 51.9 Å². The lowest BCUT2D eigenvalue weighted by Gasteiger charge is -2.12. The van der Waals surface area contributed by atoms with E-state index in [1.54, 1.807) is 31.0 Å². The van der Waals surface area contributed by atoms with Crippen LogP contribution in [0.2, 0.25) is 0 Å². The minimum Gasteiger partial charge on any atom is -0.496 e. The molecule has 0 spiro atoms. The normalized spacial score (nSPS) is 10.9. The zero-order valence-corrected chi connectivity index (χ0v) is 21.1. The SMILES string of the molecule is COc1cc(OC)c(/C=N/NC(=O)CSc2nnc(SCc3ccc(C)cc3)s2)c(OC)c1. The smallest absolute Gasteiger partial charge is 0.250 e. The molecule has 2 aromatic carbocycles. The quantitative estimate of drug-likeness (QED) is 0.233. The third kappa shape index (κ3) is 7.37. The molecular formula is C22H24N4O4S3. The molecule has 0 aliphatic carbocycles. The number of rotatable bonds is 11. The largest absolute Gasteiger partial charge is 0.496 e.